The fourth-order valence-electron chi connectivity index (χ4n) is 2.39. The van der Waals surface area contributed by atoms with E-state index in [0.717, 1.165) is 5.39 Å². The maximum atomic E-state index is 12.1. The van der Waals surface area contributed by atoms with Crippen LogP contribution >= 0.6 is 0 Å². The number of aromatic nitrogens is 1. The van der Waals surface area contributed by atoms with E-state index in [9.17, 15) is 9.59 Å². The molecule has 1 heterocycles. The number of amides is 2. The fraction of sp³-hybridized carbons (Fsp3) is 0.105. The highest BCUT2D eigenvalue weighted by Crippen LogP contribution is 2.22. The van der Waals surface area contributed by atoms with Crippen molar-refractivity contribution in [2.45, 2.75) is 0 Å². The van der Waals surface area contributed by atoms with Gasteiger partial charge in [-0.2, -0.15) is 0 Å². The summed E-state index contributed by atoms with van der Waals surface area (Å²) >= 11 is 0. The summed E-state index contributed by atoms with van der Waals surface area (Å²) in [5, 5.41) is 3.89. The SMILES string of the molecule is COc1ccccc1NCC(=O)NNC(=O)c1ccc2ccccc2n1. The lowest BCUT2D eigenvalue weighted by Crippen LogP contribution is -2.44. The number of fused-ring (bicyclic) bond motifs is 1. The molecular weight excluding hydrogens is 332 g/mol. The van der Waals surface area contributed by atoms with Gasteiger partial charge in [0.1, 0.15) is 11.4 Å². The second-order valence-corrected chi connectivity index (χ2v) is 5.45. The van der Waals surface area contributed by atoms with Crippen molar-refractivity contribution in [3.05, 3.63) is 66.4 Å². The van der Waals surface area contributed by atoms with Crippen molar-refractivity contribution in [2.24, 2.45) is 0 Å². The van der Waals surface area contributed by atoms with Gasteiger partial charge in [0, 0.05) is 5.39 Å². The number of ether oxygens (including phenoxy) is 1. The quantitative estimate of drug-likeness (QED) is 0.613. The smallest absolute Gasteiger partial charge is 0.288 e. The molecule has 0 atom stereocenters. The number of hydrogen-bond donors (Lipinski definition) is 3. The molecule has 2 amide bonds. The third-order valence-corrected chi connectivity index (χ3v) is 3.69. The zero-order chi connectivity index (χ0) is 18.4. The van der Waals surface area contributed by atoms with E-state index in [1.807, 2.05) is 42.5 Å². The van der Waals surface area contributed by atoms with Crippen LogP contribution in [0.15, 0.2) is 60.7 Å². The Labute approximate surface area is 150 Å². The standard InChI is InChI=1S/C19H18N4O3/c1-26-17-9-5-4-8-15(17)20-12-18(24)22-23-19(25)16-11-10-13-6-2-3-7-14(13)21-16/h2-11,20H,12H2,1H3,(H,22,24)(H,23,25). The predicted molar refractivity (Wildman–Crippen MR) is 98.8 cm³/mol. The number of methoxy groups -OCH3 is 1. The molecule has 0 radical (unpaired) electrons. The molecule has 0 aliphatic rings. The number of pyridine rings is 1. The summed E-state index contributed by atoms with van der Waals surface area (Å²) < 4.78 is 5.20. The van der Waals surface area contributed by atoms with Crippen molar-refractivity contribution in [2.75, 3.05) is 19.0 Å². The molecule has 3 N–H and O–H groups in total. The van der Waals surface area contributed by atoms with Crippen LogP contribution in [-0.2, 0) is 4.79 Å². The second-order valence-electron chi connectivity index (χ2n) is 5.45. The molecular formula is C19H18N4O3. The molecule has 3 aromatic rings. The van der Waals surface area contributed by atoms with E-state index in [0.29, 0.717) is 17.0 Å². The van der Waals surface area contributed by atoms with Crippen molar-refractivity contribution < 1.29 is 14.3 Å². The summed E-state index contributed by atoms with van der Waals surface area (Å²) in [5.41, 5.74) is 6.33. The van der Waals surface area contributed by atoms with Gasteiger partial charge in [0.2, 0.25) is 0 Å². The normalized spacial score (nSPS) is 10.2. The number of hydrogen-bond acceptors (Lipinski definition) is 5. The first kappa shape index (κ1) is 17.2. The largest absolute Gasteiger partial charge is 0.495 e. The van der Waals surface area contributed by atoms with Gasteiger partial charge in [0.05, 0.1) is 24.9 Å². The van der Waals surface area contributed by atoms with Crippen LogP contribution in [0.4, 0.5) is 5.69 Å². The van der Waals surface area contributed by atoms with E-state index in [2.05, 4.69) is 21.2 Å². The molecule has 7 heteroatoms. The Morgan fingerprint density at radius 2 is 1.73 bits per heavy atom. The van der Waals surface area contributed by atoms with Crippen molar-refractivity contribution in [1.29, 1.82) is 0 Å². The molecule has 0 aliphatic heterocycles. The number of rotatable bonds is 5. The van der Waals surface area contributed by atoms with Gasteiger partial charge in [-0.25, -0.2) is 4.98 Å². The Kier molecular flexibility index (Phi) is 5.28. The summed E-state index contributed by atoms with van der Waals surface area (Å²) in [7, 11) is 1.55. The summed E-state index contributed by atoms with van der Waals surface area (Å²) in [5.74, 6) is -0.254. The van der Waals surface area contributed by atoms with E-state index >= 15 is 0 Å². The first-order valence-corrected chi connectivity index (χ1v) is 7.99. The third kappa shape index (κ3) is 4.07. The zero-order valence-electron chi connectivity index (χ0n) is 14.2. The minimum atomic E-state index is -0.485. The van der Waals surface area contributed by atoms with Crippen LogP contribution in [0.2, 0.25) is 0 Å². The number of nitrogens with zero attached hydrogens (tertiary/aromatic N) is 1. The van der Waals surface area contributed by atoms with Gasteiger partial charge in [-0.05, 0) is 24.3 Å². The van der Waals surface area contributed by atoms with Crippen LogP contribution < -0.4 is 20.9 Å². The minimum absolute atomic E-state index is 0.0220. The molecule has 26 heavy (non-hydrogen) atoms. The Balaban J connectivity index is 1.54. The molecule has 0 saturated heterocycles. The second kappa shape index (κ2) is 7.98. The Bertz CT molecular complexity index is 943. The number of carbonyl (C=O) groups excluding carboxylic acids is 2. The topological polar surface area (TPSA) is 92.4 Å². The molecule has 2 aromatic carbocycles. The molecule has 0 aliphatic carbocycles. The number of hydrazine groups is 1. The lowest BCUT2D eigenvalue weighted by atomic mass is 10.2. The molecule has 0 unspecified atom stereocenters. The van der Waals surface area contributed by atoms with Gasteiger partial charge in [-0.15, -0.1) is 0 Å². The van der Waals surface area contributed by atoms with Gasteiger partial charge in [0.15, 0.2) is 0 Å². The molecule has 1 aromatic heterocycles. The molecule has 3 rings (SSSR count). The maximum Gasteiger partial charge on any atom is 0.288 e. The molecule has 132 valence electrons. The third-order valence-electron chi connectivity index (χ3n) is 3.69. The summed E-state index contributed by atoms with van der Waals surface area (Å²) in [6, 6.07) is 18.1. The van der Waals surface area contributed by atoms with Crippen molar-refractivity contribution in [3.8, 4) is 5.75 Å². The Morgan fingerprint density at radius 3 is 2.58 bits per heavy atom. The Hall–Kier alpha value is -3.61. The van der Waals surface area contributed by atoms with E-state index in [4.69, 9.17) is 4.74 Å². The lowest BCUT2D eigenvalue weighted by Gasteiger charge is -2.11. The molecule has 0 spiro atoms. The highest BCUT2D eigenvalue weighted by Gasteiger charge is 2.10. The number of anilines is 1. The van der Waals surface area contributed by atoms with Crippen LogP contribution in [0.3, 0.4) is 0 Å². The number of para-hydroxylation sites is 3. The zero-order valence-corrected chi connectivity index (χ0v) is 14.2. The molecule has 0 bridgehead atoms. The van der Waals surface area contributed by atoms with Crippen molar-refractivity contribution in [3.63, 3.8) is 0 Å². The van der Waals surface area contributed by atoms with E-state index < -0.39 is 11.8 Å². The predicted octanol–water partition coefficient (Wildman–Crippen LogP) is 2.12. The van der Waals surface area contributed by atoms with Gasteiger partial charge >= 0.3 is 0 Å². The molecule has 7 nitrogen and oxygen atoms in total. The highest BCUT2D eigenvalue weighted by molar-refractivity contribution is 5.96. The molecule has 0 fully saturated rings. The number of benzene rings is 2. The highest BCUT2D eigenvalue weighted by atomic mass is 16.5. The van der Waals surface area contributed by atoms with Crippen LogP contribution in [0.5, 0.6) is 5.75 Å². The lowest BCUT2D eigenvalue weighted by molar-refractivity contribution is -0.120. The van der Waals surface area contributed by atoms with Gasteiger partial charge < -0.3 is 10.1 Å². The minimum Gasteiger partial charge on any atom is -0.495 e. The summed E-state index contributed by atoms with van der Waals surface area (Å²) in [6.07, 6.45) is 0. The van der Waals surface area contributed by atoms with Crippen LogP contribution in [0, 0.1) is 0 Å². The fourth-order valence-corrected chi connectivity index (χ4v) is 2.39. The maximum absolute atomic E-state index is 12.1. The number of nitrogens with one attached hydrogen (secondary N) is 3. The first-order valence-electron chi connectivity index (χ1n) is 7.99. The van der Waals surface area contributed by atoms with Crippen LogP contribution in [-0.4, -0.2) is 30.5 Å². The average molecular weight is 350 g/mol. The summed E-state index contributed by atoms with van der Waals surface area (Å²) in [6.45, 7) is -0.0220. The van der Waals surface area contributed by atoms with Crippen LogP contribution in [0.25, 0.3) is 10.9 Å². The van der Waals surface area contributed by atoms with Gasteiger partial charge in [0.25, 0.3) is 11.8 Å². The number of carbonyl (C=O) groups is 2. The summed E-state index contributed by atoms with van der Waals surface area (Å²) in [4.78, 5) is 28.3. The first-order chi connectivity index (χ1) is 12.7. The Morgan fingerprint density at radius 1 is 0.962 bits per heavy atom. The van der Waals surface area contributed by atoms with Gasteiger partial charge in [-0.3, -0.25) is 20.4 Å². The van der Waals surface area contributed by atoms with Crippen LogP contribution in [0.1, 0.15) is 10.5 Å². The monoisotopic (exact) mass is 350 g/mol. The van der Waals surface area contributed by atoms with Crippen molar-refractivity contribution >= 4 is 28.4 Å². The van der Waals surface area contributed by atoms with Gasteiger partial charge in [-0.1, -0.05) is 36.4 Å². The van der Waals surface area contributed by atoms with E-state index in [-0.39, 0.29) is 12.2 Å². The van der Waals surface area contributed by atoms with Crippen molar-refractivity contribution in [1.82, 2.24) is 15.8 Å². The average Bonchev–Trinajstić information content (AvgIpc) is 2.70. The van der Waals surface area contributed by atoms with E-state index in [1.165, 1.54) is 0 Å². The molecule has 0 saturated carbocycles. The van der Waals surface area contributed by atoms with E-state index in [1.54, 1.807) is 25.3 Å².